The molecular formula is C21H20ClNO3S. The third kappa shape index (κ3) is 4.67. The van der Waals surface area contributed by atoms with Gasteiger partial charge in [0.05, 0.1) is 16.7 Å². The molecule has 3 rings (SSSR count). The van der Waals surface area contributed by atoms with E-state index in [1.807, 2.05) is 49.4 Å². The molecule has 1 atom stereocenters. The zero-order valence-corrected chi connectivity index (χ0v) is 16.4. The second kappa shape index (κ2) is 8.11. The van der Waals surface area contributed by atoms with Crippen molar-refractivity contribution in [2.45, 2.75) is 24.3 Å². The van der Waals surface area contributed by atoms with Crippen molar-refractivity contribution in [2.24, 2.45) is 0 Å². The molecular weight excluding hydrogens is 382 g/mol. The highest BCUT2D eigenvalue weighted by atomic mass is 35.5. The Morgan fingerprint density at radius 3 is 2.41 bits per heavy atom. The summed E-state index contributed by atoms with van der Waals surface area (Å²) in [5, 5.41) is 5.53. The number of benzene rings is 3. The molecule has 0 fully saturated rings. The van der Waals surface area contributed by atoms with E-state index in [4.69, 9.17) is 11.6 Å². The van der Waals surface area contributed by atoms with Crippen molar-refractivity contribution in [3.05, 3.63) is 77.3 Å². The molecule has 0 spiro atoms. The van der Waals surface area contributed by atoms with Gasteiger partial charge in [0.25, 0.3) is 0 Å². The van der Waals surface area contributed by atoms with Crippen LogP contribution in [0.4, 0.5) is 0 Å². The van der Waals surface area contributed by atoms with Gasteiger partial charge in [-0.15, -0.1) is 0 Å². The van der Waals surface area contributed by atoms with Crippen LogP contribution in [0, 0.1) is 0 Å². The first-order valence-electron chi connectivity index (χ1n) is 8.62. The number of carbonyl (C=O) groups excluding carboxylic acids is 1. The van der Waals surface area contributed by atoms with Gasteiger partial charge in [-0.2, -0.15) is 0 Å². The molecule has 4 nitrogen and oxygen atoms in total. The number of hydrogen-bond acceptors (Lipinski definition) is 3. The fourth-order valence-corrected chi connectivity index (χ4v) is 4.37. The highest BCUT2D eigenvalue weighted by molar-refractivity contribution is 7.91. The fraction of sp³-hybridized carbons (Fsp3) is 0.190. The molecule has 1 unspecified atom stereocenters. The van der Waals surface area contributed by atoms with Gasteiger partial charge in [0.15, 0.2) is 9.84 Å². The molecule has 0 aliphatic heterocycles. The molecule has 0 saturated carbocycles. The van der Waals surface area contributed by atoms with Crippen LogP contribution in [0.25, 0.3) is 10.8 Å². The number of halogens is 1. The number of fused-ring (bicyclic) bond motifs is 1. The minimum Gasteiger partial charge on any atom is -0.350 e. The maximum absolute atomic E-state index is 12.4. The second-order valence-corrected chi connectivity index (χ2v) is 8.93. The Morgan fingerprint density at radius 2 is 1.67 bits per heavy atom. The molecule has 140 valence electrons. The normalized spacial score (nSPS) is 12.7. The molecule has 1 N–H and O–H groups in total. The molecule has 0 bridgehead atoms. The minimum absolute atomic E-state index is 0.0972. The zero-order valence-electron chi connectivity index (χ0n) is 14.9. The smallest absolute Gasteiger partial charge is 0.221 e. The number of rotatable bonds is 6. The third-order valence-corrected chi connectivity index (χ3v) is 6.42. The Bertz CT molecular complexity index is 1060. The summed E-state index contributed by atoms with van der Waals surface area (Å²) < 4.78 is 24.7. The SMILES string of the molecule is CC(NC(=O)CCS(=O)(=O)c1ccc(Cl)cc1)c1cccc2ccccc12. The number of hydrogen-bond donors (Lipinski definition) is 1. The average molecular weight is 402 g/mol. The van der Waals surface area contributed by atoms with Crippen molar-refractivity contribution in [2.75, 3.05) is 5.75 Å². The molecule has 0 radical (unpaired) electrons. The van der Waals surface area contributed by atoms with Gasteiger partial charge < -0.3 is 5.32 Å². The molecule has 0 saturated heterocycles. The zero-order chi connectivity index (χ0) is 19.4. The largest absolute Gasteiger partial charge is 0.350 e. The molecule has 3 aromatic rings. The van der Waals surface area contributed by atoms with Crippen LogP contribution in [-0.4, -0.2) is 20.1 Å². The molecule has 0 aliphatic carbocycles. The predicted octanol–water partition coefficient (Wildman–Crippen LogP) is 4.53. The van der Waals surface area contributed by atoms with Crippen molar-refractivity contribution in [3.63, 3.8) is 0 Å². The molecule has 0 aromatic heterocycles. The second-order valence-electron chi connectivity index (χ2n) is 6.38. The molecule has 0 heterocycles. The van der Waals surface area contributed by atoms with Gasteiger partial charge in [0.2, 0.25) is 5.91 Å². The van der Waals surface area contributed by atoms with Crippen molar-refractivity contribution < 1.29 is 13.2 Å². The number of carbonyl (C=O) groups is 1. The van der Waals surface area contributed by atoms with E-state index in [0.29, 0.717) is 5.02 Å². The van der Waals surface area contributed by atoms with E-state index in [0.717, 1.165) is 16.3 Å². The molecule has 27 heavy (non-hydrogen) atoms. The van der Waals surface area contributed by atoms with Crippen LogP contribution in [0.15, 0.2) is 71.6 Å². The number of amides is 1. The standard InChI is InChI=1S/C21H20ClNO3S/c1-15(19-8-4-6-16-5-2-3-7-20(16)19)23-21(24)13-14-27(25,26)18-11-9-17(22)10-12-18/h2-12,15H,13-14H2,1H3,(H,23,24). The van der Waals surface area contributed by atoms with Crippen LogP contribution in [0.3, 0.4) is 0 Å². The predicted molar refractivity (Wildman–Crippen MR) is 109 cm³/mol. The van der Waals surface area contributed by atoms with Gasteiger partial charge in [0.1, 0.15) is 0 Å². The van der Waals surface area contributed by atoms with Gasteiger partial charge in [0, 0.05) is 11.4 Å². The average Bonchev–Trinajstić information content (AvgIpc) is 2.66. The van der Waals surface area contributed by atoms with E-state index in [-0.39, 0.29) is 29.0 Å². The van der Waals surface area contributed by atoms with Crippen LogP contribution in [0.5, 0.6) is 0 Å². The van der Waals surface area contributed by atoms with E-state index < -0.39 is 9.84 Å². The van der Waals surface area contributed by atoms with Gasteiger partial charge in [-0.05, 0) is 47.5 Å². The monoisotopic (exact) mass is 401 g/mol. The van der Waals surface area contributed by atoms with Crippen molar-refractivity contribution in [1.29, 1.82) is 0 Å². The van der Waals surface area contributed by atoms with Crippen LogP contribution in [-0.2, 0) is 14.6 Å². The summed E-state index contributed by atoms with van der Waals surface area (Å²) in [6.07, 6.45) is -0.0972. The first-order chi connectivity index (χ1) is 12.9. The van der Waals surface area contributed by atoms with Crippen molar-refractivity contribution in [3.8, 4) is 0 Å². The Labute approximate surface area is 164 Å². The van der Waals surface area contributed by atoms with Gasteiger partial charge in [-0.1, -0.05) is 54.1 Å². The lowest BCUT2D eigenvalue weighted by Crippen LogP contribution is -2.28. The van der Waals surface area contributed by atoms with Crippen LogP contribution in [0.1, 0.15) is 24.9 Å². The van der Waals surface area contributed by atoms with Crippen molar-refractivity contribution >= 4 is 38.1 Å². The van der Waals surface area contributed by atoms with E-state index in [9.17, 15) is 13.2 Å². The third-order valence-electron chi connectivity index (χ3n) is 4.44. The summed E-state index contributed by atoms with van der Waals surface area (Å²) in [5.74, 6) is -0.545. The molecule has 6 heteroatoms. The highest BCUT2D eigenvalue weighted by Gasteiger charge is 2.18. The summed E-state index contributed by atoms with van der Waals surface area (Å²) >= 11 is 5.79. The van der Waals surface area contributed by atoms with E-state index >= 15 is 0 Å². The van der Waals surface area contributed by atoms with E-state index in [2.05, 4.69) is 5.32 Å². The quantitative estimate of drug-likeness (QED) is 0.659. The van der Waals surface area contributed by atoms with Gasteiger partial charge >= 0.3 is 0 Å². The molecule has 1 amide bonds. The summed E-state index contributed by atoms with van der Waals surface area (Å²) in [6, 6.07) is 19.6. The van der Waals surface area contributed by atoms with Crippen molar-refractivity contribution in [1.82, 2.24) is 5.32 Å². The Morgan fingerprint density at radius 1 is 1.00 bits per heavy atom. The van der Waals surface area contributed by atoms with Crippen LogP contribution in [0.2, 0.25) is 5.02 Å². The van der Waals surface area contributed by atoms with E-state index in [1.54, 1.807) is 0 Å². The van der Waals surface area contributed by atoms with Crippen LogP contribution >= 0.6 is 11.6 Å². The van der Waals surface area contributed by atoms with E-state index in [1.165, 1.54) is 24.3 Å². The van der Waals surface area contributed by atoms with Gasteiger partial charge in [-0.25, -0.2) is 8.42 Å². The lowest BCUT2D eigenvalue weighted by Gasteiger charge is -2.16. The van der Waals surface area contributed by atoms with Gasteiger partial charge in [-0.3, -0.25) is 4.79 Å². The Hall–Kier alpha value is -2.37. The summed E-state index contributed by atoms with van der Waals surface area (Å²) in [4.78, 5) is 12.5. The lowest BCUT2D eigenvalue weighted by molar-refractivity contribution is -0.121. The molecule has 0 aliphatic rings. The summed E-state index contributed by atoms with van der Waals surface area (Å²) in [6.45, 7) is 1.90. The number of sulfone groups is 1. The fourth-order valence-electron chi connectivity index (χ4n) is 3.01. The minimum atomic E-state index is -3.53. The maximum Gasteiger partial charge on any atom is 0.221 e. The highest BCUT2D eigenvalue weighted by Crippen LogP contribution is 2.24. The summed E-state index contributed by atoms with van der Waals surface area (Å²) in [5.41, 5.74) is 1.00. The Kier molecular flexibility index (Phi) is 5.82. The summed E-state index contributed by atoms with van der Waals surface area (Å²) in [7, 11) is -3.53. The lowest BCUT2D eigenvalue weighted by atomic mass is 9.99. The first-order valence-corrected chi connectivity index (χ1v) is 10.7. The Balaban J connectivity index is 1.66. The first kappa shape index (κ1) is 19.4. The topological polar surface area (TPSA) is 63.2 Å². The van der Waals surface area contributed by atoms with Crippen LogP contribution < -0.4 is 5.32 Å². The molecule has 3 aromatic carbocycles. The maximum atomic E-state index is 12.4. The number of nitrogens with one attached hydrogen (secondary N) is 1.